The first kappa shape index (κ1) is 20.1. The largest absolute Gasteiger partial charge is 0.381 e. The number of fused-ring (bicyclic) bond motifs is 3. The molecule has 2 aliphatic carbocycles. The Morgan fingerprint density at radius 3 is 1.70 bits per heavy atom. The first-order valence-electron chi connectivity index (χ1n) is 11.3. The van der Waals surface area contributed by atoms with Gasteiger partial charge in [0.25, 0.3) is 0 Å². The van der Waals surface area contributed by atoms with Crippen molar-refractivity contribution in [2.75, 3.05) is 0 Å². The Morgan fingerprint density at radius 2 is 1.06 bits per heavy atom. The lowest BCUT2D eigenvalue weighted by molar-refractivity contribution is -0.159. The molecule has 3 heteroatoms. The van der Waals surface area contributed by atoms with Gasteiger partial charge in [0.2, 0.25) is 0 Å². The van der Waals surface area contributed by atoms with Crippen LogP contribution in [0.25, 0.3) is 0 Å². The van der Waals surface area contributed by atoms with Crippen LogP contribution in [0.4, 0.5) is 0 Å². The molecule has 0 heterocycles. The number of Topliss-reactive ketones (excluding diaryl/α,β-unsaturated/α-hetero) is 1. The minimum absolute atomic E-state index is 0.116. The number of aliphatic hydroxyl groups is 2. The second kappa shape index (κ2) is 7.24. The van der Waals surface area contributed by atoms with Gasteiger partial charge in [-0.05, 0) is 22.3 Å². The van der Waals surface area contributed by atoms with Crippen molar-refractivity contribution in [1.29, 1.82) is 0 Å². The smallest absolute Gasteiger partial charge is 0.170 e. The van der Waals surface area contributed by atoms with Crippen molar-refractivity contribution in [2.45, 2.75) is 23.0 Å². The summed E-state index contributed by atoms with van der Waals surface area (Å²) in [6, 6.07) is 36.1. The molecule has 1 fully saturated rings. The lowest BCUT2D eigenvalue weighted by Gasteiger charge is -2.42. The Bertz CT molecular complexity index is 1320. The zero-order chi connectivity index (χ0) is 22.6. The molecule has 0 saturated heterocycles. The van der Waals surface area contributed by atoms with E-state index in [1.807, 2.05) is 103 Å². The second-order valence-corrected chi connectivity index (χ2v) is 9.11. The highest BCUT2D eigenvalue weighted by Crippen LogP contribution is 2.70. The molecule has 2 N–H and O–H groups in total. The molecule has 2 aliphatic rings. The van der Waals surface area contributed by atoms with Crippen LogP contribution in [-0.2, 0) is 11.2 Å². The number of benzene rings is 4. The minimum atomic E-state index is -1.77. The molecule has 162 valence electrons. The predicted molar refractivity (Wildman–Crippen MR) is 127 cm³/mol. The van der Waals surface area contributed by atoms with E-state index in [9.17, 15) is 15.0 Å². The van der Waals surface area contributed by atoms with Crippen molar-refractivity contribution in [2.24, 2.45) is 5.92 Å². The van der Waals surface area contributed by atoms with Crippen LogP contribution in [0.5, 0.6) is 0 Å². The highest BCUT2D eigenvalue weighted by atomic mass is 16.4. The van der Waals surface area contributed by atoms with Gasteiger partial charge in [-0.3, -0.25) is 4.79 Å². The van der Waals surface area contributed by atoms with E-state index in [-0.39, 0.29) is 5.78 Å². The molecule has 0 radical (unpaired) electrons. The van der Waals surface area contributed by atoms with Crippen LogP contribution in [0.3, 0.4) is 0 Å². The SMILES string of the molecule is O=C1c2ccccc2[C@]2(O)[C@@H]1[C@H](c1ccccc1)[C@@H](c1ccccc1)[C@]2(O)c1ccccc1. The summed E-state index contributed by atoms with van der Waals surface area (Å²) in [5.41, 5.74) is -0.0630. The molecule has 3 nitrogen and oxygen atoms in total. The van der Waals surface area contributed by atoms with E-state index < -0.39 is 29.0 Å². The summed E-state index contributed by atoms with van der Waals surface area (Å²) in [6.07, 6.45) is 0. The second-order valence-electron chi connectivity index (χ2n) is 9.11. The molecule has 5 atom stereocenters. The van der Waals surface area contributed by atoms with Crippen LogP contribution in [0.15, 0.2) is 115 Å². The summed E-state index contributed by atoms with van der Waals surface area (Å²) >= 11 is 0. The number of ketones is 1. The molecular formula is C30H24O3. The molecule has 33 heavy (non-hydrogen) atoms. The fourth-order valence-corrected chi connectivity index (χ4v) is 6.37. The Kier molecular flexibility index (Phi) is 4.41. The van der Waals surface area contributed by atoms with Crippen molar-refractivity contribution in [3.8, 4) is 0 Å². The third-order valence-electron chi connectivity index (χ3n) is 7.64. The Hall–Kier alpha value is -3.53. The Labute approximate surface area is 193 Å². The topological polar surface area (TPSA) is 57.5 Å². The third-order valence-corrected chi connectivity index (χ3v) is 7.64. The molecule has 0 aromatic heterocycles. The summed E-state index contributed by atoms with van der Waals surface area (Å²) in [5.74, 6) is -1.87. The van der Waals surface area contributed by atoms with E-state index in [2.05, 4.69) is 0 Å². The third kappa shape index (κ3) is 2.55. The summed E-state index contributed by atoms with van der Waals surface area (Å²) in [7, 11) is 0. The molecule has 0 aliphatic heterocycles. The van der Waals surface area contributed by atoms with Gasteiger partial charge in [0, 0.05) is 17.4 Å². The molecule has 4 aromatic carbocycles. The van der Waals surface area contributed by atoms with E-state index in [1.165, 1.54) is 0 Å². The average molecular weight is 433 g/mol. The zero-order valence-corrected chi connectivity index (χ0v) is 18.0. The molecule has 0 amide bonds. The fourth-order valence-electron chi connectivity index (χ4n) is 6.37. The van der Waals surface area contributed by atoms with E-state index in [0.717, 1.165) is 11.1 Å². The molecular weight excluding hydrogens is 408 g/mol. The number of rotatable bonds is 3. The van der Waals surface area contributed by atoms with Gasteiger partial charge in [-0.15, -0.1) is 0 Å². The van der Waals surface area contributed by atoms with Crippen molar-refractivity contribution in [1.82, 2.24) is 0 Å². The van der Waals surface area contributed by atoms with Crippen LogP contribution >= 0.6 is 0 Å². The maximum atomic E-state index is 13.9. The van der Waals surface area contributed by atoms with Crippen molar-refractivity contribution in [3.05, 3.63) is 143 Å². The van der Waals surface area contributed by atoms with Crippen LogP contribution in [0.2, 0.25) is 0 Å². The minimum Gasteiger partial charge on any atom is -0.381 e. The molecule has 0 unspecified atom stereocenters. The molecule has 4 aromatic rings. The van der Waals surface area contributed by atoms with Gasteiger partial charge >= 0.3 is 0 Å². The monoisotopic (exact) mass is 432 g/mol. The first-order valence-corrected chi connectivity index (χ1v) is 11.3. The van der Waals surface area contributed by atoms with Crippen LogP contribution in [0.1, 0.15) is 44.4 Å². The summed E-state index contributed by atoms with van der Waals surface area (Å²) in [6.45, 7) is 0. The maximum Gasteiger partial charge on any atom is 0.170 e. The number of carbonyl (C=O) groups is 1. The number of hydrogen-bond donors (Lipinski definition) is 2. The van der Waals surface area contributed by atoms with Gasteiger partial charge in [-0.25, -0.2) is 0 Å². The first-order chi connectivity index (χ1) is 16.1. The van der Waals surface area contributed by atoms with Gasteiger partial charge in [-0.2, -0.15) is 0 Å². The normalized spacial score (nSPS) is 30.1. The zero-order valence-electron chi connectivity index (χ0n) is 18.0. The van der Waals surface area contributed by atoms with E-state index in [4.69, 9.17) is 0 Å². The van der Waals surface area contributed by atoms with Gasteiger partial charge in [0.1, 0.15) is 11.2 Å². The van der Waals surface area contributed by atoms with Gasteiger partial charge in [0.05, 0.1) is 5.92 Å². The van der Waals surface area contributed by atoms with Crippen LogP contribution in [-0.4, -0.2) is 16.0 Å². The average Bonchev–Trinajstić information content (AvgIpc) is 3.24. The van der Waals surface area contributed by atoms with Crippen molar-refractivity contribution < 1.29 is 15.0 Å². The van der Waals surface area contributed by atoms with Gasteiger partial charge in [0.15, 0.2) is 5.78 Å². The maximum absolute atomic E-state index is 13.9. The summed E-state index contributed by atoms with van der Waals surface area (Å²) in [4.78, 5) is 13.9. The molecule has 0 bridgehead atoms. The van der Waals surface area contributed by atoms with Gasteiger partial charge < -0.3 is 10.2 Å². The standard InChI is InChI=1S/C30H24O3/c31-28-23-18-10-11-19-24(23)30(33)27(28)25(20-12-4-1-5-13-20)26(21-14-6-2-7-15-21)29(30,32)22-16-8-3-9-17-22/h1-19,25-27,32-33H/t25-,26-,27-,29-,30+/m1/s1. The highest BCUT2D eigenvalue weighted by Gasteiger charge is 2.75. The van der Waals surface area contributed by atoms with Crippen LogP contribution in [0, 0.1) is 5.92 Å². The molecule has 6 rings (SSSR count). The van der Waals surface area contributed by atoms with E-state index >= 15 is 0 Å². The fraction of sp³-hybridized carbons (Fsp3) is 0.167. The molecule has 1 saturated carbocycles. The Balaban J connectivity index is 1.73. The van der Waals surface area contributed by atoms with E-state index in [0.29, 0.717) is 16.7 Å². The number of hydrogen-bond acceptors (Lipinski definition) is 3. The lowest BCUT2D eigenvalue weighted by Crippen LogP contribution is -2.49. The predicted octanol–water partition coefficient (Wildman–Crippen LogP) is 5.16. The summed E-state index contributed by atoms with van der Waals surface area (Å²) in [5, 5.41) is 25.4. The lowest BCUT2D eigenvalue weighted by atomic mass is 9.69. The van der Waals surface area contributed by atoms with Crippen molar-refractivity contribution in [3.63, 3.8) is 0 Å². The quantitative estimate of drug-likeness (QED) is 0.470. The van der Waals surface area contributed by atoms with Gasteiger partial charge in [-0.1, -0.05) is 115 Å². The number of carbonyl (C=O) groups excluding carboxylic acids is 1. The highest BCUT2D eigenvalue weighted by molar-refractivity contribution is 6.05. The van der Waals surface area contributed by atoms with Crippen LogP contribution < -0.4 is 0 Å². The van der Waals surface area contributed by atoms with Crippen molar-refractivity contribution >= 4 is 5.78 Å². The molecule has 0 spiro atoms. The summed E-state index contributed by atoms with van der Waals surface area (Å²) < 4.78 is 0. The Morgan fingerprint density at radius 1 is 0.545 bits per heavy atom. The van der Waals surface area contributed by atoms with E-state index in [1.54, 1.807) is 12.1 Å².